The van der Waals surface area contributed by atoms with Crippen LogP contribution in [-0.4, -0.2) is 41.1 Å². The lowest BCUT2D eigenvalue weighted by atomic mass is 9.77. The molecular formula is C22H17N3O6S. The first-order chi connectivity index (χ1) is 15.3. The van der Waals surface area contributed by atoms with E-state index < -0.39 is 34.9 Å². The number of hydrogen-bond acceptors (Lipinski definition) is 8. The first-order valence-electron chi connectivity index (χ1n) is 9.73. The van der Waals surface area contributed by atoms with Crippen LogP contribution in [0.25, 0.3) is 0 Å². The molecule has 0 saturated carbocycles. The zero-order valence-corrected chi connectivity index (χ0v) is 17.5. The van der Waals surface area contributed by atoms with Crippen molar-refractivity contribution in [2.24, 2.45) is 11.7 Å². The average molecular weight is 451 g/mol. The van der Waals surface area contributed by atoms with Crippen LogP contribution in [0.3, 0.4) is 0 Å². The average Bonchev–Trinajstić information content (AvgIpc) is 3.02. The van der Waals surface area contributed by atoms with E-state index in [0.29, 0.717) is 16.8 Å². The first kappa shape index (κ1) is 20.1. The van der Waals surface area contributed by atoms with E-state index in [9.17, 15) is 24.3 Å². The maximum atomic E-state index is 13.5. The fraction of sp³-hybridized carbons (Fsp3) is 0.182. The number of nitrogens with two attached hydrogens (primary N) is 1. The van der Waals surface area contributed by atoms with Gasteiger partial charge in [0.15, 0.2) is 0 Å². The van der Waals surface area contributed by atoms with Crippen LogP contribution in [-0.2, 0) is 14.4 Å². The third kappa shape index (κ3) is 2.79. The van der Waals surface area contributed by atoms with E-state index in [1.165, 1.54) is 43.4 Å². The van der Waals surface area contributed by atoms with Crippen molar-refractivity contribution in [2.45, 2.75) is 11.2 Å². The summed E-state index contributed by atoms with van der Waals surface area (Å²) >= 11 is 0.977. The number of fused-ring (bicyclic) bond motifs is 5. The van der Waals surface area contributed by atoms with E-state index >= 15 is 0 Å². The van der Waals surface area contributed by atoms with Crippen molar-refractivity contribution < 1.29 is 29.0 Å². The second-order valence-corrected chi connectivity index (χ2v) is 8.75. The van der Waals surface area contributed by atoms with Gasteiger partial charge in [-0.3, -0.25) is 14.4 Å². The van der Waals surface area contributed by atoms with Gasteiger partial charge in [-0.2, -0.15) is 0 Å². The van der Waals surface area contributed by atoms with Crippen LogP contribution in [0.1, 0.15) is 21.8 Å². The van der Waals surface area contributed by atoms with E-state index in [1.54, 1.807) is 6.07 Å². The van der Waals surface area contributed by atoms with Gasteiger partial charge in [0, 0.05) is 30.2 Å². The Labute approximate surface area is 186 Å². The first-order valence-corrected chi connectivity index (χ1v) is 10.6. The molecule has 1 saturated heterocycles. The molecule has 2 aromatic rings. The molecular weight excluding hydrogens is 434 g/mol. The summed E-state index contributed by atoms with van der Waals surface area (Å²) in [5.74, 6) is -3.51. The summed E-state index contributed by atoms with van der Waals surface area (Å²) in [6, 6.07) is 10.4. The number of nitrogens with zero attached hydrogens (tertiary/aromatic N) is 1. The molecule has 0 aliphatic carbocycles. The number of anilines is 1. The molecule has 0 spiro atoms. The highest BCUT2D eigenvalue weighted by atomic mass is 32.2. The minimum Gasteiger partial charge on any atom is -0.508 e. The van der Waals surface area contributed by atoms with Gasteiger partial charge in [0.1, 0.15) is 16.7 Å². The van der Waals surface area contributed by atoms with E-state index in [-0.39, 0.29) is 28.0 Å². The molecule has 0 bridgehead atoms. The maximum absolute atomic E-state index is 13.5. The Bertz CT molecular complexity index is 1240. The second kappa shape index (κ2) is 7.13. The normalized spacial score (nSPS) is 24.0. The van der Waals surface area contributed by atoms with Crippen LogP contribution in [0, 0.1) is 5.92 Å². The van der Waals surface area contributed by atoms with Crippen molar-refractivity contribution in [2.75, 3.05) is 11.9 Å². The van der Waals surface area contributed by atoms with Gasteiger partial charge >= 0.3 is 5.97 Å². The topological polar surface area (TPSA) is 139 Å². The van der Waals surface area contributed by atoms with Gasteiger partial charge in [-0.15, -0.1) is 0 Å². The van der Waals surface area contributed by atoms with Crippen LogP contribution >= 0.6 is 11.8 Å². The summed E-state index contributed by atoms with van der Waals surface area (Å²) in [5, 5.41) is 11.6. The smallest absolute Gasteiger partial charge is 0.342 e. The molecule has 3 aliphatic rings. The summed E-state index contributed by atoms with van der Waals surface area (Å²) in [7, 11) is 1.51. The van der Waals surface area contributed by atoms with Gasteiger partial charge < -0.3 is 20.9 Å². The third-order valence-corrected chi connectivity index (χ3v) is 7.08. The van der Waals surface area contributed by atoms with E-state index in [0.717, 1.165) is 16.7 Å². The molecule has 0 radical (unpaired) electrons. The van der Waals surface area contributed by atoms with Crippen LogP contribution in [0.15, 0.2) is 53.1 Å². The fourth-order valence-electron chi connectivity index (χ4n) is 4.40. The Morgan fingerprint density at radius 3 is 2.53 bits per heavy atom. The highest BCUT2D eigenvalue weighted by Gasteiger charge is 2.58. The number of imide groups is 1. The highest BCUT2D eigenvalue weighted by molar-refractivity contribution is 8.04. The number of esters is 1. The van der Waals surface area contributed by atoms with Crippen LogP contribution in [0.4, 0.5) is 5.69 Å². The zero-order valence-electron chi connectivity index (χ0n) is 16.7. The summed E-state index contributed by atoms with van der Waals surface area (Å²) in [4.78, 5) is 52.3. The molecule has 3 unspecified atom stereocenters. The number of nitrogens with one attached hydrogen (secondary N) is 1. The van der Waals surface area contributed by atoms with Crippen molar-refractivity contribution >= 4 is 41.1 Å². The van der Waals surface area contributed by atoms with Crippen molar-refractivity contribution in [1.82, 2.24) is 5.32 Å². The Balaban J connectivity index is 1.58. The predicted octanol–water partition coefficient (Wildman–Crippen LogP) is 1.23. The number of amides is 3. The number of aromatic hydroxyl groups is 1. The molecule has 10 heteroatoms. The standard InChI is InChI=1S/C22H17N3O6S/c1-24-19(27)9-2-4-10(5-3-9)25-20(28)15-14-12-7-6-11(26)8-13(12)31-22(30)16(14)18(23)32-17(15)21(25)29/h2-8,14-15,17,26H,23H2,1H3,(H,24,27). The molecule has 2 aromatic carbocycles. The number of carbonyl (C=O) groups is 4. The summed E-state index contributed by atoms with van der Waals surface area (Å²) in [6.07, 6.45) is 0. The lowest BCUT2D eigenvalue weighted by Gasteiger charge is -2.36. The Morgan fingerprint density at radius 2 is 1.84 bits per heavy atom. The number of carbonyl (C=O) groups excluding carboxylic acids is 4. The number of thioether (sulfide) groups is 1. The van der Waals surface area contributed by atoms with Gasteiger partial charge in [-0.05, 0) is 30.3 Å². The molecule has 3 atom stereocenters. The molecule has 162 valence electrons. The number of hydrogen-bond donors (Lipinski definition) is 3. The number of phenolic OH excluding ortho intramolecular Hbond substituents is 1. The van der Waals surface area contributed by atoms with E-state index in [1.807, 2.05) is 0 Å². The maximum Gasteiger partial charge on any atom is 0.342 e. The van der Waals surface area contributed by atoms with E-state index in [2.05, 4.69) is 5.32 Å². The molecule has 3 amide bonds. The van der Waals surface area contributed by atoms with Crippen LogP contribution in [0.2, 0.25) is 0 Å². The fourth-order valence-corrected chi connectivity index (χ4v) is 5.64. The molecule has 9 nitrogen and oxygen atoms in total. The van der Waals surface area contributed by atoms with Crippen molar-refractivity contribution in [3.05, 3.63) is 64.2 Å². The van der Waals surface area contributed by atoms with Gasteiger partial charge in [0.05, 0.1) is 22.2 Å². The highest BCUT2D eigenvalue weighted by Crippen LogP contribution is 2.54. The molecule has 5 rings (SSSR count). The lowest BCUT2D eigenvalue weighted by molar-refractivity contribution is -0.131. The molecule has 1 fully saturated rings. The molecule has 4 N–H and O–H groups in total. The predicted molar refractivity (Wildman–Crippen MR) is 115 cm³/mol. The summed E-state index contributed by atoms with van der Waals surface area (Å²) < 4.78 is 5.32. The number of rotatable bonds is 2. The largest absolute Gasteiger partial charge is 0.508 e. The van der Waals surface area contributed by atoms with Crippen LogP contribution < -0.4 is 20.7 Å². The number of benzene rings is 2. The summed E-state index contributed by atoms with van der Waals surface area (Å²) in [6.45, 7) is 0. The Hall–Kier alpha value is -3.79. The monoisotopic (exact) mass is 451 g/mol. The minimum atomic E-state index is -0.871. The number of ether oxygens (including phenoxy) is 1. The van der Waals surface area contributed by atoms with Gasteiger partial charge in [-0.1, -0.05) is 17.8 Å². The van der Waals surface area contributed by atoms with Crippen LogP contribution in [0.5, 0.6) is 11.5 Å². The van der Waals surface area contributed by atoms with Crippen molar-refractivity contribution in [3.8, 4) is 11.5 Å². The summed E-state index contributed by atoms with van der Waals surface area (Å²) in [5.41, 5.74) is 7.52. The Kier molecular flexibility index (Phi) is 4.48. The van der Waals surface area contributed by atoms with Crippen molar-refractivity contribution in [3.63, 3.8) is 0 Å². The molecule has 3 aliphatic heterocycles. The zero-order chi connectivity index (χ0) is 22.7. The number of phenols is 1. The van der Waals surface area contributed by atoms with Crippen molar-refractivity contribution in [1.29, 1.82) is 0 Å². The third-order valence-electron chi connectivity index (χ3n) is 5.85. The van der Waals surface area contributed by atoms with Gasteiger partial charge in [0.2, 0.25) is 11.8 Å². The minimum absolute atomic E-state index is 0.0923. The van der Waals surface area contributed by atoms with E-state index in [4.69, 9.17) is 10.5 Å². The second-order valence-electron chi connectivity index (χ2n) is 7.57. The lowest BCUT2D eigenvalue weighted by Crippen LogP contribution is -2.39. The molecule has 32 heavy (non-hydrogen) atoms. The SMILES string of the molecule is CNC(=O)c1ccc(N2C(=O)C3SC(N)=C4C(=O)Oc5cc(O)ccc5C4C3C2=O)cc1. The van der Waals surface area contributed by atoms with Gasteiger partial charge in [0.25, 0.3) is 5.91 Å². The quantitative estimate of drug-likeness (QED) is 0.352. The Morgan fingerprint density at radius 1 is 1.12 bits per heavy atom. The van der Waals surface area contributed by atoms with Gasteiger partial charge in [-0.25, -0.2) is 9.69 Å². The molecule has 0 aromatic heterocycles. The molecule has 3 heterocycles.